The van der Waals surface area contributed by atoms with E-state index in [0.717, 1.165) is 31.9 Å². The second kappa shape index (κ2) is 5.36. The maximum atomic E-state index is 14.0. The average Bonchev–Trinajstić information content (AvgIpc) is 3.10. The predicted molar refractivity (Wildman–Crippen MR) is 68.7 cm³/mol. The minimum Gasteiger partial charge on any atom is -0.385 e. The lowest BCUT2D eigenvalue weighted by atomic mass is 10.1. The van der Waals surface area contributed by atoms with Crippen LogP contribution >= 0.6 is 0 Å². The van der Waals surface area contributed by atoms with Crippen LogP contribution in [0.25, 0.3) is 5.69 Å². The molecule has 2 aromatic rings. The van der Waals surface area contributed by atoms with Crippen LogP contribution in [0.1, 0.15) is 6.42 Å². The molecule has 19 heavy (non-hydrogen) atoms. The lowest BCUT2D eigenvalue weighted by Gasteiger charge is -2.11. The molecule has 1 aliphatic rings. The second-order valence-corrected chi connectivity index (χ2v) is 4.62. The molecule has 1 N–H and O–H groups in total. The number of rotatable bonds is 4. The van der Waals surface area contributed by atoms with E-state index < -0.39 is 0 Å². The van der Waals surface area contributed by atoms with Crippen molar-refractivity contribution in [2.75, 3.05) is 25.1 Å². The Labute approximate surface area is 110 Å². The summed E-state index contributed by atoms with van der Waals surface area (Å²) in [4.78, 5) is 3.81. The fourth-order valence-electron chi connectivity index (χ4n) is 2.14. The van der Waals surface area contributed by atoms with Gasteiger partial charge in [-0.3, -0.25) is 0 Å². The van der Waals surface area contributed by atoms with Gasteiger partial charge in [0.25, 0.3) is 0 Å². The number of hydrogen-bond donors (Lipinski definition) is 1. The Morgan fingerprint density at radius 3 is 3.11 bits per heavy atom. The highest BCUT2D eigenvalue weighted by Crippen LogP contribution is 2.19. The van der Waals surface area contributed by atoms with Crippen molar-refractivity contribution in [1.82, 2.24) is 14.8 Å². The van der Waals surface area contributed by atoms with E-state index in [2.05, 4.69) is 15.4 Å². The molecule has 0 aliphatic carbocycles. The molecule has 0 saturated carbocycles. The molecule has 5 nitrogen and oxygen atoms in total. The number of benzene rings is 1. The summed E-state index contributed by atoms with van der Waals surface area (Å²) < 4.78 is 20.7. The molecule has 3 rings (SSSR count). The van der Waals surface area contributed by atoms with E-state index in [1.54, 1.807) is 6.07 Å². The fraction of sp³-hybridized carbons (Fsp3) is 0.385. The minimum absolute atomic E-state index is 0.321. The molecule has 1 aliphatic heterocycles. The van der Waals surface area contributed by atoms with Gasteiger partial charge in [0.15, 0.2) is 5.82 Å². The van der Waals surface area contributed by atoms with E-state index in [9.17, 15) is 4.39 Å². The molecule has 1 saturated heterocycles. The first-order chi connectivity index (χ1) is 9.33. The first-order valence-corrected chi connectivity index (χ1v) is 6.29. The Morgan fingerprint density at radius 1 is 1.47 bits per heavy atom. The Balaban J connectivity index is 1.68. The van der Waals surface area contributed by atoms with E-state index in [1.165, 1.54) is 23.4 Å². The molecule has 2 heterocycles. The topological polar surface area (TPSA) is 52.0 Å². The Bertz CT molecular complexity index is 538. The molecule has 0 radical (unpaired) electrons. The standard InChI is InChI=1S/C13H15FN4O/c14-12-5-11(16-6-10-3-4-19-7-10)1-2-13(12)18-9-15-8-17-18/h1-2,5,8-10,16H,3-4,6-7H2. The molecule has 0 spiro atoms. The third-order valence-electron chi connectivity index (χ3n) is 3.23. The van der Waals surface area contributed by atoms with Gasteiger partial charge >= 0.3 is 0 Å². The van der Waals surface area contributed by atoms with Gasteiger partial charge in [-0.2, -0.15) is 5.10 Å². The monoisotopic (exact) mass is 262 g/mol. The van der Waals surface area contributed by atoms with E-state index in [0.29, 0.717) is 11.6 Å². The van der Waals surface area contributed by atoms with Gasteiger partial charge in [0.2, 0.25) is 0 Å². The summed E-state index contributed by atoms with van der Waals surface area (Å²) >= 11 is 0. The van der Waals surface area contributed by atoms with Crippen LogP contribution in [0.4, 0.5) is 10.1 Å². The van der Waals surface area contributed by atoms with Crippen LogP contribution in [-0.4, -0.2) is 34.5 Å². The lowest BCUT2D eigenvalue weighted by molar-refractivity contribution is 0.187. The highest BCUT2D eigenvalue weighted by atomic mass is 19.1. The molecular weight excluding hydrogens is 247 g/mol. The van der Waals surface area contributed by atoms with Gasteiger partial charge in [0, 0.05) is 24.8 Å². The van der Waals surface area contributed by atoms with Gasteiger partial charge in [0.1, 0.15) is 18.3 Å². The van der Waals surface area contributed by atoms with Gasteiger partial charge in [0.05, 0.1) is 6.61 Å². The zero-order valence-corrected chi connectivity index (χ0v) is 10.4. The van der Waals surface area contributed by atoms with Crippen molar-refractivity contribution in [1.29, 1.82) is 0 Å². The van der Waals surface area contributed by atoms with Crippen LogP contribution in [0.15, 0.2) is 30.9 Å². The minimum atomic E-state index is -0.321. The maximum Gasteiger partial charge on any atom is 0.150 e. The van der Waals surface area contributed by atoms with Crippen LogP contribution < -0.4 is 5.32 Å². The van der Waals surface area contributed by atoms with Crippen LogP contribution in [0.2, 0.25) is 0 Å². The SMILES string of the molecule is Fc1cc(NCC2CCOC2)ccc1-n1cncn1. The third-order valence-corrected chi connectivity index (χ3v) is 3.23. The highest BCUT2D eigenvalue weighted by Gasteiger charge is 2.15. The van der Waals surface area contributed by atoms with Crippen LogP contribution in [0.5, 0.6) is 0 Å². The quantitative estimate of drug-likeness (QED) is 0.913. The largest absolute Gasteiger partial charge is 0.385 e. The van der Waals surface area contributed by atoms with Gasteiger partial charge in [-0.1, -0.05) is 0 Å². The summed E-state index contributed by atoms with van der Waals surface area (Å²) in [5, 5.41) is 7.15. The highest BCUT2D eigenvalue weighted by molar-refractivity contribution is 5.49. The molecule has 6 heteroatoms. The summed E-state index contributed by atoms with van der Waals surface area (Å²) in [6, 6.07) is 5.01. The van der Waals surface area contributed by atoms with Crippen molar-refractivity contribution in [3.8, 4) is 5.69 Å². The third kappa shape index (κ3) is 2.73. The summed E-state index contributed by atoms with van der Waals surface area (Å²) in [7, 11) is 0. The first kappa shape index (κ1) is 12.1. The molecule has 100 valence electrons. The van der Waals surface area contributed by atoms with Crippen molar-refractivity contribution in [2.45, 2.75) is 6.42 Å². The van der Waals surface area contributed by atoms with Crippen molar-refractivity contribution < 1.29 is 9.13 Å². The van der Waals surface area contributed by atoms with Gasteiger partial charge in [-0.25, -0.2) is 14.1 Å². The number of anilines is 1. The van der Waals surface area contributed by atoms with Crippen molar-refractivity contribution in [3.63, 3.8) is 0 Å². The lowest BCUT2D eigenvalue weighted by Crippen LogP contribution is -2.14. The summed E-state index contributed by atoms with van der Waals surface area (Å²) in [6.07, 6.45) is 3.92. The van der Waals surface area contributed by atoms with E-state index in [1.807, 2.05) is 6.07 Å². The zero-order valence-electron chi connectivity index (χ0n) is 10.4. The molecule has 1 aromatic heterocycles. The summed E-state index contributed by atoms with van der Waals surface area (Å²) in [6.45, 7) is 2.42. The van der Waals surface area contributed by atoms with E-state index >= 15 is 0 Å². The number of hydrogen-bond acceptors (Lipinski definition) is 4. The van der Waals surface area contributed by atoms with Crippen molar-refractivity contribution >= 4 is 5.69 Å². The molecule has 1 unspecified atom stereocenters. The molecule has 1 aromatic carbocycles. The van der Waals surface area contributed by atoms with Gasteiger partial charge in [-0.05, 0) is 24.6 Å². The number of nitrogens with zero attached hydrogens (tertiary/aromatic N) is 3. The number of nitrogens with one attached hydrogen (secondary N) is 1. The number of ether oxygens (including phenoxy) is 1. The fourth-order valence-corrected chi connectivity index (χ4v) is 2.14. The number of aromatic nitrogens is 3. The molecular formula is C13H15FN4O. The maximum absolute atomic E-state index is 14.0. The predicted octanol–water partition coefficient (Wildman–Crippen LogP) is 1.85. The van der Waals surface area contributed by atoms with Crippen LogP contribution in [0, 0.1) is 11.7 Å². The second-order valence-electron chi connectivity index (χ2n) is 4.62. The summed E-state index contributed by atoms with van der Waals surface area (Å²) in [5.41, 5.74) is 1.17. The smallest absolute Gasteiger partial charge is 0.150 e. The average molecular weight is 262 g/mol. The summed E-state index contributed by atoms with van der Waals surface area (Å²) in [5.74, 6) is 0.191. The zero-order chi connectivity index (χ0) is 13.1. The Morgan fingerprint density at radius 2 is 2.42 bits per heavy atom. The van der Waals surface area contributed by atoms with Crippen molar-refractivity contribution in [2.24, 2.45) is 5.92 Å². The van der Waals surface area contributed by atoms with Gasteiger partial charge in [-0.15, -0.1) is 0 Å². The Hall–Kier alpha value is -1.95. The van der Waals surface area contributed by atoms with E-state index in [-0.39, 0.29) is 5.82 Å². The van der Waals surface area contributed by atoms with Crippen molar-refractivity contribution in [3.05, 3.63) is 36.7 Å². The van der Waals surface area contributed by atoms with E-state index in [4.69, 9.17) is 4.74 Å². The molecule has 0 amide bonds. The number of halogens is 1. The molecule has 1 atom stereocenters. The Kier molecular flexibility index (Phi) is 3.41. The molecule has 0 bridgehead atoms. The first-order valence-electron chi connectivity index (χ1n) is 6.29. The van der Waals surface area contributed by atoms with Crippen LogP contribution in [-0.2, 0) is 4.74 Å². The normalized spacial score (nSPS) is 18.7. The molecule has 1 fully saturated rings. The van der Waals surface area contributed by atoms with Crippen LogP contribution in [0.3, 0.4) is 0 Å². The van der Waals surface area contributed by atoms with Gasteiger partial charge < -0.3 is 10.1 Å².